The molecule has 0 fully saturated rings. The van der Waals surface area contributed by atoms with Crippen molar-refractivity contribution < 1.29 is 27.2 Å². The minimum Gasteiger partial charge on any atom is -0.395 e. The van der Waals surface area contributed by atoms with Gasteiger partial charge in [-0.1, -0.05) is 29.8 Å². The Morgan fingerprint density at radius 2 is 1.64 bits per heavy atom. The molecule has 28 heavy (non-hydrogen) atoms. The molecular weight excluding hydrogens is 406 g/mol. The Bertz CT molecular complexity index is 908. The molecule has 0 heterocycles. The monoisotopic (exact) mass is 429 g/mol. The van der Waals surface area contributed by atoms with Crippen molar-refractivity contribution in [2.45, 2.75) is 17.6 Å². The van der Waals surface area contributed by atoms with Gasteiger partial charge < -0.3 is 10.2 Å². The molecule has 2 rings (SSSR count). The Balaban J connectivity index is 2.40. The Hall–Kier alpha value is -1.98. The SMILES string of the molecule is Cc1ccc(S(=O)(=O)OS(CCO)(CCO)Cc2cccc([N+](=O)[O-])c2)cc1. The number of nitro benzene ring substituents is 1. The Kier molecular flexibility index (Phi) is 7.55. The number of hydrogen-bond acceptors (Lipinski definition) is 7. The molecule has 2 aromatic carbocycles. The van der Waals surface area contributed by atoms with Crippen LogP contribution in [0.5, 0.6) is 0 Å². The van der Waals surface area contributed by atoms with Gasteiger partial charge in [-0.05, 0) is 24.6 Å². The van der Waals surface area contributed by atoms with Gasteiger partial charge in [0.2, 0.25) is 0 Å². The van der Waals surface area contributed by atoms with E-state index >= 15 is 0 Å². The van der Waals surface area contributed by atoms with Crippen LogP contribution in [0.3, 0.4) is 0 Å². The largest absolute Gasteiger partial charge is 0.395 e. The molecule has 0 amide bonds. The third-order valence-electron chi connectivity index (χ3n) is 4.02. The van der Waals surface area contributed by atoms with Gasteiger partial charge in [-0.25, -0.2) is 3.63 Å². The van der Waals surface area contributed by atoms with Gasteiger partial charge in [0.1, 0.15) is 0 Å². The van der Waals surface area contributed by atoms with Crippen LogP contribution in [0.15, 0.2) is 53.4 Å². The molecule has 0 unspecified atom stereocenters. The van der Waals surface area contributed by atoms with E-state index in [9.17, 15) is 28.7 Å². The molecule has 0 saturated carbocycles. The first-order valence-electron chi connectivity index (χ1n) is 8.45. The van der Waals surface area contributed by atoms with E-state index in [2.05, 4.69) is 0 Å². The second-order valence-corrected chi connectivity index (χ2v) is 11.2. The molecule has 0 spiro atoms. The van der Waals surface area contributed by atoms with E-state index in [1.54, 1.807) is 18.2 Å². The van der Waals surface area contributed by atoms with Crippen LogP contribution in [0.25, 0.3) is 0 Å². The smallest absolute Gasteiger partial charge is 0.306 e. The fraction of sp³-hybridized carbons (Fsp3) is 0.333. The molecule has 0 aliphatic carbocycles. The fourth-order valence-electron chi connectivity index (χ4n) is 2.67. The second-order valence-electron chi connectivity index (χ2n) is 6.23. The van der Waals surface area contributed by atoms with E-state index in [-0.39, 0.29) is 41.1 Å². The summed E-state index contributed by atoms with van der Waals surface area (Å²) in [5.41, 5.74) is 1.27. The third-order valence-corrected chi connectivity index (χ3v) is 9.45. The standard InChI is InChI=1S/C18H23NO7S2/c1-15-5-7-18(8-6-15)28(24,25)26-27(11-9-20,12-10-21)14-16-3-2-4-17(13-16)19(22)23/h2-8,13,20-21H,9-12,14H2,1H3. The predicted molar refractivity (Wildman–Crippen MR) is 108 cm³/mol. The highest BCUT2D eigenvalue weighted by Crippen LogP contribution is 2.54. The average molecular weight is 430 g/mol. The van der Waals surface area contributed by atoms with Crippen molar-refractivity contribution in [1.29, 1.82) is 0 Å². The highest BCUT2D eigenvalue weighted by atomic mass is 32.3. The first-order chi connectivity index (χ1) is 13.2. The van der Waals surface area contributed by atoms with Gasteiger partial charge in [0.15, 0.2) is 0 Å². The molecule has 0 aliphatic heterocycles. The number of aliphatic hydroxyl groups is 2. The first kappa shape index (κ1) is 22.3. The molecule has 10 heteroatoms. The van der Waals surface area contributed by atoms with Crippen molar-refractivity contribution in [2.24, 2.45) is 0 Å². The minimum absolute atomic E-state index is 0.0152. The summed E-state index contributed by atoms with van der Waals surface area (Å²) in [5.74, 6) is 0.0869. The highest BCUT2D eigenvalue weighted by Gasteiger charge is 2.32. The number of benzene rings is 2. The molecular formula is C18H23NO7S2. The Labute approximate surface area is 165 Å². The summed E-state index contributed by atoms with van der Waals surface area (Å²) >= 11 is 0. The third kappa shape index (κ3) is 5.76. The zero-order valence-electron chi connectivity index (χ0n) is 15.4. The molecule has 8 nitrogen and oxygen atoms in total. The van der Waals surface area contributed by atoms with Crippen LogP contribution in [0.4, 0.5) is 5.69 Å². The van der Waals surface area contributed by atoms with Crippen LogP contribution in [0.1, 0.15) is 11.1 Å². The van der Waals surface area contributed by atoms with Gasteiger partial charge in [0, 0.05) is 29.4 Å². The van der Waals surface area contributed by atoms with Gasteiger partial charge in [0.25, 0.3) is 5.69 Å². The molecule has 0 aliphatic rings. The van der Waals surface area contributed by atoms with Gasteiger partial charge in [-0.2, -0.15) is 8.42 Å². The maximum Gasteiger partial charge on any atom is 0.306 e. The molecule has 0 aromatic heterocycles. The molecule has 0 bridgehead atoms. The molecule has 0 saturated heterocycles. The highest BCUT2D eigenvalue weighted by molar-refractivity contribution is 8.32. The number of rotatable bonds is 10. The lowest BCUT2D eigenvalue weighted by atomic mass is 10.2. The van der Waals surface area contributed by atoms with Crippen molar-refractivity contribution in [3.63, 3.8) is 0 Å². The molecule has 2 aromatic rings. The number of aliphatic hydroxyl groups excluding tert-OH is 2. The normalized spacial score (nSPS) is 12.7. The van der Waals surface area contributed by atoms with Gasteiger partial charge in [-0.15, -0.1) is 10.3 Å². The molecule has 0 radical (unpaired) electrons. The van der Waals surface area contributed by atoms with Crippen LogP contribution in [-0.4, -0.2) is 48.3 Å². The van der Waals surface area contributed by atoms with E-state index in [1.165, 1.54) is 30.3 Å². The molecule has 2 N–H and O–H groups in total. The van der Waals surface area contributed by atoms with Gasteiger partial charge in [0.05, 0.1) is 23.0 Å². The van der Waals surface area contributed by atoms with E-state index in [4.69, 9.17) is 3.63 Å². The van der Waals surface area contributed by atoms with Crippen LogP contribution in [-0.2, 0) is 19.5 Å². The minimum atomic E-state index is -4.14. The lowest BCUT2D eigenvalue weighted by Crippen LogP contribution is -2.23. The maximum atomic E-state index is 12.8. The van der Waals surface area contributed by atoms with Crippen molar-refractivity contribution in [3.8, 4) is 0 Å². The lowest BCUT2D eigenvalue weighted by molar-refractivity contribution is -0.384. The number of nitro groups is 1. The predicted octanol–water partition coefficient (Wildman–Crippen LogP) is 2.51. The second kappa shape index (κ2) is 9.48. The summed E-state index contributed by atoms with van der Waals surface area (Å²) in [6.45, 7) is 1.15. The number of aryl methyl sites for hydroxylation is 1. The quantitative estimate of drug-likeness (QED) is 0.439. The zero-order valence-corrected chi connectivity index (χ0v) is 17.0. The Morgan fingerprint density at radius 1 is 1.04 bits per heavy atom. The summed E-state index contributed by atoms with van der Waals surface area (Å²) in [7, 11) is -6.66. The van der Waals surface area contributed by atoms with E-state index in [1.807, 2.05) is 6.92 Å². The molecule has 0 atom stereocenters. The maximum absolute atomic E-state index is 12.8. The number of non-ortho nitro benzene ring substituents is 1. The summed E-state index contributed by atoms with van der Waals surface area (Å²) in [5, 5.41) is 30.0. The van der Waals surface area contributed by atoms with E-state index in [0.29, 0.717) is 5.56 Å². The summed E-state index contributed by atoms with van der Waals surface area (Å²) in [6.07, 6.45) is 0. The van der Waals surface area contributed by atoms with Crippen molar-refractivity contribution in [3.05, 3.63) is 69.8 Å². The zero-order chi connectivity index (χ0) is 20.8. The number of hydrogen-bond donors (Lipinski definition) is 2. The van der Waals surface area contributed by atoms with Crippen molar-refractivity contribution in [1.82, 2.24) is 0 Å². The Morgan fingerprint density at radius 3 is 2.18 bits per heavy atom. The van der Waals surface area contributed by atoms with Crippen molar-refractivity contribution in [2.75, 3.05) is 24.7 Å². The summed E-state index contributed by atoms with van der Waals surface area (Å²) < 4.78 is 31.2. The van der Waals surface area contributed by atoms with Crippen molar-refractivity contribution >= 4 is 26.1 Å². The van der Waals surface area contributed by atoms with E-state index in [0.717, 1.165) is 5.56 Å². The van der Waals surface area contributed by atoms with Crippen LogP contribution in [0, 0.1) is 17.0 Å². The van der Waals surface area contributed by atoms with Crippen LogP contribution in [0.2, 0.25) is 0 Å². The average Bonchev–Trinajstić information content (AvgIpc) is 2.62. The first-order valence-corrected chi connectivity index (χ1v) is 11.9. The molecule has 154 valence electrons. The van der Waals surface area contributed by atoms with Gasteiger partial charge in [-0.3, -0.25) is 10.1 Å². The van der Waals surface area contributed by atoms with Crippen LogP contribution < -0.4 is 0 Å². The lowest BCUT2D eigenvalue weighted by Gasteiger charge is -2.37. The van der Waals surface area contributed by atoms with Crippen LogP contribution >= 0.6 is 10.3 Å². The topological polar surface area (TPSA) is 127 Å². The fourth-order valence-corrected chi connectivity index (χ4v) is 7.65. The summed E-state index contributed by atoms with van der Waals surface area (Å²) in [6, 6.07) is 12.0. The van der Waals surface area contributed by atoms with Gasteiger partial charge >= 0.3 is 10.1 Å². The number of nitrogens with zero attached hydrogens (tertiary/aromatic N) is 1. The summed E-state index contributed by atoms with van der Waals surface area (Å²) in [4.78, 5) is 10.5. The van der Waals surface area contributed by atoms with E-state index < -0.39 is 25.4 Å².